The quantitative estimate of drug-likeness (QED) is 0.597. The lowest BCUT2D eigenvalue weighted by Crippen LogP contribution is -2.01. The largest absolute Gasteiger partial charge is 0.465 e. The highest BCUT2D eigenvalue weighted by atomic mass is 16.5. The topological polar surface area (TPSA) is 39.2 Å². The lowest BCUT2D eigenvalue weighted by molar-refractivity contribution is -0.141. The van der Waals surface area contributed by atoms with E-state index < -0.39 is 0 Å². The summed E-state index contributed by atoms with van der Waals surface area (Å²) >= 11 is 0. The smallest absolute Gasteiger partial charge is 0.317 e. The van der Waals surface area contributed by atoms with Crippen molar-refractivity contribution in [2.45, 2.75) is 13.3 Å². The van der Waals surface area contributed by atoms with Gasteiger partial charge in [-0.1, -0.05) is 36.1 Å². The number of esters is 1. The number of hydrogen-bond donors (Lipinski definition) is 0. The molecule has 0 fully saturated rings. The van der Waals surface area contributed by atoms with Crippen LogP contribution in [0.1, 0.15) is 18.9 Å². The minimum absolute atomic E-state index is 0.108. The molecule has 1 heterocycles. The zero-order chi connectivity index (χ0) is 12.8. The molecule has 90 valence electrons. The maximum absolute atomic E-state index is 11.2. The minimum atomic E-state index is -0.293. The average molecular weight is 239 g/mol. The molecule has 0 aliphatic carbocycles. The molecule has 0 unspecified atom stereocenters. The van der Waals surface area contributed by atoms with Gasteiger partial charge in [0.25, 0.3) is 0 Å². The Morgan fingerprint density at radius 3 is 3.00 bits per heavy atom. The van der Waals surface area contributed by atoms with Gasteiger partial charge in [-0.05, 0) is 6.92 Å². The summed E-state index contributed by atoms with van der Waals surface area (Å²) in [6.45, 7) is 2.16. The molecule has 3 nitrogen and oxygen atoms in total. The monoisotopic (exact) mass is 239 g/mol. The van der Waals surface area contributed by atoms with E-state index in [4.69, 9.17) is 4.74 Å². The summed E-state index contributed by atoms with van der Waals surface area (Å²) < 4.78 is 4.81. The average Bonchev–Trinajstić information content (AvgIpc) is 2.39. The third kappa shape index (κ3) is 2.86. The molecule has 2 aromatic rings. The van der Waals surface area contributed by atoms with Crippen molar-refractivity contribution in [2.75, 3.05) is 6.61 Å². The van der Waals surface area contributed by atoms with Crippen LogP contribution in [0.3, 0.4) is 0 Å². The highest BCUT2D eigenvalue weighted by Gasteiger charge is 1.99. The SMILES string of the molecule is CCOC(=O)CC#Cc1cncc2ccccc12. The number of rotatable bonds is 2. The summed E-state index contributed by atoms with van der Waals surface area (Å²) in [6.07, 6.45) is 3.61. The minimum Gasteiger partial charge on any atom is -0.465 e. The molecule has 0 radical (unpaired) electrons. The number of carbonyl (C=O) groups excluding carboxylic acids is 1. The molecule has 0 bridgehead atoms. The van der Waals surface area contributed by atoms with Gasteiger partial charge in [-0.2, -0.15) is 0 Å². The Balaban J connectivity index is 2.22. The summed E-state index contributed by atoms with van der Waals surface area (Å²) in [5.74, 6) is 5.48. The first-order valence-electron chi connectivity index (χ1n) is 5.78. The molecule has 0 atom stereocenters. The van der Waals surface area contributed by atoms with Crippen molar-refractivity contribution in [1.82, 2.24) is 4.98 Å². The highest BCUT2D eigenvalue weighted by molar-refractivity contribution is 5.87. The Labute approximate surface area is 106 Å². The molecule has 0 aliphatic rings. The highest BCUT2D eigenvalue weighted by Crippen LogP contribution is 2.15. The van der Waals surface area contributed by atoms with E-state index in [1.54, 1.807) is 19.3 Å². The first-order chi connectivity index (χ1) is 8.81. The second-order valence-electron chi connectivity index (χ2n) is 3.69. The van der Waals surface area contributed by atoms with E-state index >= 15 is 0 Å². The van der Waals surface area contributed by atoms with Crippen LogP contribution in [0.4, 0.5) is 0 Å². The lowest BCUT2D eigenvalue weighted by atomic mass is 10.1. The zero-order valence-corrected chi connectivity index (χ0v) is 10.1. The van der Waals surface area contributed by atoms with Gasteiger partial charge >= 0.3 is 5.97 Å². The van der Waals surface area contributed by atoms with Gasteiger partial charge in [-0.25, -0.2) is 0 Å². The van der Waals surface area contributed by atoms with Crippen molar-refractivity contribution < 1.29 is 9.53 Å². The van der Waals surface area contributed by atoms with Crippen LogP contribution in [0.2, 0.25) is 0 Å². The Hall–Kier alpha value is -2.34. The van der Waals surface area contributed by atoms with Crippen molar-refractivity contribution in [3.8, 4) is 11.8 Å². The van der Waals surface area contributed by atoms with E-state index in [2.05, 4.69) is 16.8 Å². The number of nitrogens with zero attached hydrogens (tertiary/aromatic N) is 1. The molecule has 1 aromatic carbocycles. The van der Waals surface area contributed by atoms with Gasteiger partial charge in [0.1, 0.15) is 6.42 Å². The van der Waals surface area contributed by atoms with Crippen molar-refractivity contribution in [2.24, 2.45) is 0 Å². The van der Waals surface area contributed by atoms with E-state index in [1.807, 2.05) is 24.3 Å². The second kappa shape index (κ2) is 5.83. The summed E-state index contributed by atoms with van der Waals surface area (Å²) in [7, 11) is 0. The summed E-state index contributed by atoms with van der Waals surface area (Å²) in [5.41, 5.74) is 0.831. The molecule has 0 aliphatic heterocycles. The van der Waals surface area contributed by atoms with Crippen molar-refractivity contribution in [3.05, 3.63) is 42.2 Å². The van der Waals surface area contributed by atoms with Crippen LogP contribution in [-0.4, -0.2) is 17.6 Å². The maximum Gasteiger partial charge on any atom is 0.317 e. The number of hydrogen-bond acceptors (Lipinski definition) is 3. The van der Waals surface area contributed by atoms with Crippen molar-refractivity contribution >= 4 is 16.7 Å². The molecule has 0 saturated carbocycles. The fourth-order valence-electron chi connectivity index (χ4n) is 1.64. The Morgan fingerprint density at radius 1 is 1.33 bits per heavy atom. The molecular weight excluding hydrogens is 226 g/mol. The fourth-order valence-corrected chi connectivity index (χ4v) is 1.64. The van der Waals surface area contributed by atoms with Crippen LogP contribution < -0.4 is 0 Å². The van der Waals surface area contributed by atoms with Gasteiger partial charge in [0.05, 0.1) is 12.2 Å². The van der Waals surface area contributed by atoms with Gasteiger partial charge in [0, 0.05) is 23.2 Å². The maximum atomic E-state index is 11.2. The third-order valence-corrected chi connectivity index (χ3v) is 2.43. The predicted octanol–water partition coefficient (Wildman–Crippen LogP) is 2.54. The van der Waals surface area contributed by atoms with Crippen LogP contribution >= 0.6 is 0 Å². The standard InChI is InChI=1S/C15H13NO2/c1-2-18-15(17)9-5-7-13-11-16-10-12-6-3-4-8-14(12)13/h3-4,6,8,10-11H,2,9H2,1H3. The van der Waals surface area contributed by atoms with E-state index in [0.29, 0.717) is 6.61 Å². The number of fused-ring (bicyclic) bond motifs is 1. The molecule has 2 rings (SSSR count). The van der Waals surface area contributed by atoms with E-state index in [1.165, 1.54) is 0 Å². The van der Waals surface area contributed by atoms with Gasteiger partial charge < -0.3 is 4.74 Å². The molecule has 0 amide bonds. The molecule has 3 heteroatoms. The van der Waals surface area contributed by atoms with Crippen molar-refractivity contribution in [1.29, 1.82) is 0 Å². The van der Waals surface area contributed by atoms with Crippen LogP contribution in [0, 0.1) is 11.8 Å². The zero-order valence-electron chi connectivity index (χ0n) is 10.1. The first-order valence-corrected chi connectivity index (χ1v) is 5.78. The van der Waals surface area contributed by atoms with Crippen LogP contribution in [0.25, 0.3) is 10.8 Å². The lowest BCUT2D eigenvalue weighted by Gasteiger charge is -1.98. The molecule has 0 spiro atoms. The van der Waals surface area contributed by atoms with Crippen molar-refractivity contribution in [3.63, 3.8) is 0 Å². The second-order valence-corrected chi connectivity index (χ2v) is 3.69. The number of benzene rings is 1. The first kappa shape index (κ1) is 12.1. The van der Waals surface area contributed by atoms with Gasteiger partial charge in [-0.15, -0.1) is 0 Å². The molecule has 18 heavy (non-hydrogen) atoms. The summed E-state index contributed by atoms with van der Waals surface area (Å²) in [5, 5.41) is 2.09. The van der Waals surface area contributed by atoms with Gasteiger partial charge in [0.15, 0.2) is 0 Å². The number of aromatic nitrogens is 1. The van der Waals surface area contributed by atoms with Crippen LogP contribution in [-0.2, 0) is 9.53 Å². The summed E-state index contributed by atoms with van der Waals surface area (Å²) in [4.78, 5) is 15.3. The Kier molecular flexibility index (Phi) is 3.93. The summed E-state index contributed by atoms with van der Waals surface area (Å²) in [6, 6.07) is 7.89. The fraction of sp³-hybridized carbons (Fsp3) is 0.200. The Morgan fingerprint density at radius 2 is 2.17 bits per heavy atom. The third-order valence-electron chi connectivity index (χ3n) is 2.43. The number of pyridine rings is 1. The van der Waals surface area contributed by atoms with E-state index in [0.717, 1.165) is 16.3 Å². The normalized spacial score (nSPS) is 9.61. The number of ether oxygens (including phenoxy) is 1. The molecule has 0 N–H and O–H groups in total. The molecular formula is C15H13NO2. The van der Waals surface area contributed by atoms with E-state index in [-0.39, 0.29) is 12.4 Å². The predicted molar refractivity (Wildman–Crippen MR) is 69.9 cm³/mol. The van der Waals surface area contributed by atoms with Gasteiger partial charge in [0.2, 0.25) is 0 Å². The van der Waals surface area contributed by atoms with Crippen LogP contribution in [0.5, 0.6) is 0 Å². The van der Waals surface area contributed by atoms with Crippen LogP contribution in [0.15, 0.2) is 36.7 Å². The molecule has 0 saturated heterocycles. The number of carbonyl (C=O) groups is 1. The molecule has 1 aromatic heterocycles. The Bertz CT molecular complexity index is 618. The van der Waals surface area contributed by atoms with Gasteiger partial charge in [-0.3, -0.25) is 9.78 Å². The van der Waals surface area contributed by atoms with E-state index in [9.17, 15) is 4.79 Å².